The number of carbonyl (C=O) groups excluding carboxylic acids is 1. The van der Waals surface area contributed by atoms with E-state index in [0.717, 1.165) is 43.4 Å². The van der Waals surface area contributed by atoms with Crippen LogP contribution < -0.4 is 0 Å². The molecule has 0 N–H and O–H groups in total. The van der Waals surface area contributed by atoms with Gasteiger partial charge in [-0.05, 0) is 62.7 Å². The summed E-state index contributed by atoms with van der Waals surface area (Å²) in [5, 5.41) is 0.713. The van der Waals surface area contributed by atoms with Crippen LogP contribution in [0, 0.1) is 5.92 Å². The number of hydrogen-bond donors (Lipinski definition) is 0. The molecule has 0 aliphatic heterocycles. The van der Waals surface area contributed by atoms with Crippen LogP contribution in [-0.4, -0.2) is 31.3 Å². The van der Waals surface area contributed by atoms with Crippen molar-refractivity contribution in [1.29, 1.82) is 0 Å². The second kappa shape index (κ2) is 7.05. The molecule has 1 aromatic rings. The van der Waals surface area contributed by atoms with Gasteiger partial charge in [-0.3, -0.25) is 4.79 Å². The van der Waals surface area contributed by atoms with Crippen molar-refractivity contribution in [2.24, 2.45) is 5.92 Å². The lowest BCUT2D eigenvalue weighted by atomic mass is 9.94. The predicted octanol–water partition coefficient (Wildman–Crippen LogP) is 4.04. The molecular weight excluding hydrogens is 270 g/mol. The van der Waals surface area contributed by atoms with Crippen LogP contribution in [0.4, 0.5) is 0 Å². The predicted molar refractivity (Wildman–Crippen MR) is 84.9 cm³/mol. The van der Waals surface area contributed by atoms with Crippen molar-refractivity contribution in [3.8, 4) is 0 Å². The third-order valence-electron chi connectivity index (χ3n) is 3.71. The minimum absolute atomic E-state index is 0.137. The summed E-state index contributed by atoms with van der Waals surface area (Å²) in [5.41, 5.74) is 1.97. The highest BCUT2D eigenvalue weighted by molar-refractivity contribution is 6.30. The molecule has 108 valence electrons. The molecule has 20 heavy (non-hydrogen) atoms. The molecule has 0 radical (unpaired) electrons. The van der Waals surface area contributed by atoms with Crippen LogP contribution in [0.1, 0.15) is 31.2 Å². The second-order valence-corrected chi connectivity index (χ2v) is 6.23. The summed E-state index contributed by atoms with van der Waals surface area (Å²) in [6.45, 7) is 0.839. The Hall–Kier alpha value is -1.12. The second-order valence-electron chi connectivity index (χ2n) is 5.79. The normalized spacial score (nSPS) is 22.3. The van der Waals surface area contributed by atoms with Gasteiger partial charge in [0, 0.05) is 17.5 Å². The van der Waals surface area contributed by atoms with Gasteiger partial charge in [0.25, 0.3) is 0 Å². The zero-order valence-electron chi connectivity index (χ0n) is 12.2. The summed E-state index contributed by atoms with van der Waals surface area (Å²) < 4.78 is 0. The standard InChI is InChI=1S/C17H22ClNO/c1-19(2)12-15-8-4-3-7-14(17(15)20)10-13-6-5-9-16(18)11-13/h5-6,9-11,15H,3-4,7-8,12H2,1-2H3/b14-10-. The monoisotopic (exact) mass is 291 g/mol. The molecule has 0 bridgehead atoms. The van der Waals surface area contributed by atoms with Crippen molar-refractivity contribution in [2.75, 3.05) is 20.6 Å². The van der Waals surface area contributed by atoms with Gasteiger partial charge >= 0.3 is 0 Å². The number of carbonyl (C=O) groups is 1. The number of halogens is 1. The van der Waals surface area contributed by atoms with Gasteiger partial charge in [-0.1, -0.05) is 30.2 Å². The Morgan fingerprint density at radius 3 is 2.85 bits per heavy atom. The summed E-state index contributed by atoms with van der Waals surface area (Å²) in [5.74, 6) is 0.453. The lowest BCUT2D eigenvalue weighted by Crippen LogP contribution is -2.27. The van der Waals surface area contributed by atoms with Gasteiger partial charge in [0.2, 0.25) is 0 Å². The third-order valence-corrected chi connectivity index (χ3v) is 3.95. The summed E-state index contributed by atoms with van der Waals surface area (Å²) in [7, 11) is 4.05. The molecule has 0 amide bonds. The van der Waals surface area contributed by atoms with Gasteiger partial charge in [0.15, 0.2) is 5.78 Å². The van der Waals surface area contributed by atoms with Crippen LogP contribution in [0.5, 0.6) is 0 Å². The molecule has 1 atom stereocenters. The third kappa shape index (κ3) is 4.19. The number of Topliss-reactive ketones (excluding diaryl/α,β-unsaturated/α-hetero) is 1. The summed E-state index contributed by atoms with van der Waals surface area (Å²) >= 11 is 6.01. The molecular formula is C17H22ClNO. The van der Waals surface area contributed by atoms with Crippen molar-refractivity contribution >= 4 is 23.5 Å². The van der Waals surface area contributed by atoms with Crippen molar-refractivity contribution in [2.45, 2.75) is 25.7 Å². The lowest BCUT2D eigenvalue weighted by molar-refractivity contribution is -0.119. The molecule has 1 fully saturated rings. The van der Waals surface area contributed by atoms with Crippen molar-refractivity contribution < 1.29 is 4.79 Å². The number of nitrogens with zero attached hydrogens (tertiary/aromatic N) is 1. The molecule has 1 aromatic carbocycles. The van der Waals surface area contributed by atoms with Gasteiger partial charge in [0.05, 0.1) is 0 Å². The molecule has 0 aromatic heterocycles. The summed E-state index contributed by atoms with van der Waals surface area (Å²) in [4.78, 5) is 14.7. The van der Waals surface area contributed by atoms with Crippen LogP contribution in [0.3, 0.4) is 0 Å². The van der Waals surface area contributed by atoms with Gasteiger partial charge in [-0.2, -0.15) is 0 Å². The fraction of sp³-hybridized carbons (Fsp3) is 0.471. The van der Waals surface area contributed by atoms with Gasteiger partial charge < -0.3 is 4.90 Å². The lowest BCUT2D eigenvalue weighted by Gasteiger charge is -2.18. The molecule has 0 saturated heterocycles. The molecule has 1 aliphatic rings. The van der Waals surface area contributed by atoms with Crippen molar-refractivity contribution in [3.63, 3.8) is 0 Å². The topological polar surface area (TPSA) is 20.3 Å². The van der Waals surface area contributed by atoms with Gasteiger partial charge in [0.1, 0.15) is 0 Å². The smallest absolute Gasteiger partial charge is 0.163 e. The highest BCUT2D eigenvalue weighted by Gasteiger charge is 2.25. The Kier molecular flexibility index (Phi) is 5.38. The van der Waals surface area contributed by atoms with E-state index in [1.54, 1.807) is 0 Å². The van der Waals surface area contributed by atoms with Crippen molar-refractivity contribution in [1.82, 2.24) is 4.90 Å². The van der Waals surface area contributed by atoms with Crippen molar-refractivity contribution in [3.05, 3.63) is 40.4 Å². The van der Waals surface area contributed by atoms with Crippen LogP contribution in [0.2, 0.25) is 5.02 Å². The number of hydrogen-bond acceptors (Lipinski definition) is 2. The van der Waals surface area contributed by atoms with Crippen LogP contribution in [0.25, 0.3) is 6.08 Å². The first-order chi connectivity index (χ1) is 9.56. The molecule has 1 saturated carbocycles. The quantitative estimate of drug-likeness (QED) is 0.619. The van der Waals surface area contributed by atoms with E-state index in [1.807, 2.05) is 44.4 Å². The zero-order valence-corrected chi connectivity index (χ0v) is 13.0. The number of rotatable bonds is 3. The summed E-state index contributed by atoms with van der Waals surface area (Å²) in [6.07, 6.45) is 6.14. The summed E-state index contributed by atoms with van der Waals surface area (Å²) in [6, 6.07) is 7.69. The Balaban J connectivity index is 2.22. The minimum Gasteiger partial charge on any atom is -0.309 e. The molecule has 0 heterocycles. The zero-order chi connectivity index (χ0) is 14.5. The van der Waals surface area contributed by atoms with E-state index < -0.39 is 0 Å². The SMILES string of the molecule is CN(C)CC1CCCC/C(=C/c2cccc(Cl)c2)C1=O. The van der Waals surface area contributed by atoms with E-state index in [-0.39, 0.29) is 5.92 Å². The maximum absolute atomic E-state index is 12.6. The number of benzene rings is 1. The minimum atomic E-state index is 0.137. The highest BCUT2D eigenvalue weighted by Crippen LogP contribution is 2.26. The van der Waals surface area contributed by atoms with Crippen LogP contribution >= 0.6 is 11.6 Å². The average molecular weight is 292 g/mol. The largest absolute Gasteiger partial charge is 0.309 e. The maximum Gasteiger partial charge on any atom is 0.163 e. The first-order valence-corrected chi connectivity index (χ1v) is 7.59. The molecule has 3 heteroatoms. The number of allylic oxidation sites excluding steroid dienone is 1. The van der Waals surface area contributed by atoms with Gasteiger partial charge in [-0.25, -0.2) is 0 Å². The van der Waals surface area contributed by atoms with Crippen LogP contribution in [0.15, 0.2) is 29.8 Å². The average Bonchev–Trinajstić information content (AvgIpc) is 2.54. The first-order valence-electron chi connectivity index (χ1n) is 7.21. The Morgan fingerprint density at radius 1 is 1.35 bits per heavy atom. The van der Waals surface area contributed by atoms with Crippen LogP contribution in [-0.2, 0) is 4.79 Å². The van der Waals surface area contributed by atoms with E-state index in [0.29, 0.717) is 10.8 Å². The highest BCUT2D eigenvalue weighted by atomic mass is 35.5. The first kappa shape index (κ1) is 15.3. The Labute approximate surface area is 126 Å². The fourth-order valence-corrected chi connectivity index (χ4v) is 2.98. The van der Waals surface area contributed by atoms with E-state index in [4.69, 9.17) is 11.6 Å². The Bertz CT molecular complexity index is 507. The molecule has 1 aliphatic carbocycles. The molecule has 1 unspecified atom stereocenters. The van der Waals surface area contributed by atoms with E-state index >= 15 is 0 Å². The van der Waals surface area contributed by atoms with E-state index in [2.05, 4.69) is 4.90 Å². The number of ketones is 1. The molecule has 0 spiro atoms. The maximum atomic E-state index is 12.6. The Morgan fingerprint density at radius 2 is 2.15 bits per heavy atom. The molecule has 2 rings (SSSR count). The fourth-order valence-electron chi connectivity index (χ4n) is 2.78. The van der Waals surface area contributed by atoms with E-state index in [1.165, 1.54) is 0 Å². The van der Waals surface area contributed by atoms with Gasteiger partial charge in [-0.15, -0.1) is 0 Å². The molecule has 2 nitrogen and oxygen atoms in total. The van der Waals surface area contributed by atoms with E-state index in [9.17, 15) is 4.79 Å².